The SMILES string of the molecule is CN=C(NCC(CC(C)C)N1CCOCC1)NCC1(C(=O)N(C)C)CCCC1.I. The van der Waals surface area contributed by atoms with Crippen LogP contribution in [0.15, 0.2) is 4.99 Å². The normalized spacial score (nSPS) is 20.8. The van der Waals surface area contributed by atoms with Crippen molar-refractivity contribution >= 4 is 35.8 Å². The number of amides is 1. The number of aliphatic imine (C=N–C) groups is 1. The van der Waals surface area contributed by atoms with Crippen LogP contribution in [0.3, 0.4) is 0 Å². The number of carbonyl (C=O) groups is 1. The Morgan fingerprint density at radius 3 is 2.31 bits per heavy atom. The topological polar surface area (TPSA) is 69.2 Å². The van der Waals surface area contributed by atoms with Crippen molar-refractivity contribution in [3.63, 3.8) is 0 Å². The summed E-state index contributed by atoms with van der Waals surface area (Å²) in [6.07, 6.45) is 5.31. The molecule has 0 aromatic rings. The molecule has 2 N–H and O–H groups in total. The Bertz CT molecular complexity index is 515. The quantitative estimate of drug-likeness (QED) is 0.290. The Morgan fingerprint density at radius 1 is 1.17 bits per heavy atom. The van der Waals surface area contributed by atoms with Crippen molar-refractivity contribution in [3.05, 3.63) is 0 Å². The maximum Gasteiger partial charge on any atom is 0.230 e. The molecule has 0 aromatic heterocycles. The molecule has 1 heterocycles. The minimum absolute atomic E-state index is 0. The van der Waals surface area contributed by atoms with Gasteiger partial charge in [-0.2, -0.15) is 0 Å². The van der Waals surface area contributed by atoms with Crippen molar-refractivity contribution in [3.8, 4) is 0 Å². The second kappa shape index (κ2) is 12.9. The third-order valence-electron chi connectivity index (χ3n) is 6.05. The predicted octanol–water partition coefficient (Wildman–Crippen LogP) is 2.16. The van der Waals surface area contributed by atoms with Gasteiger partial charge in [0.15, 0.2) is 5.96 Å². The Balaban J connectivity index is 0.00000420. The lowest BCUT2D eigenvalue weighted by atomic mass is 9.84. The molecule has 170 valence electrons. The summed E-state index contributed by atoms with van der Waals surface area (Å²) in [5.41, 5.74) is -0.289. The van der Waals surface area contributed by atoms with Gasteiger partial charge in [-0.15, -0.1) is 24.0 Å². The Kier molecular flexibility index (Phi) is 11.8. The molecule has 1 saturated carbocycles. The molecule has 8 heteroatoms. The highest BCUT2D eigenvalue weighted by Crippen LogP contribution is 2.38. The summed E-state index contributed by atoms with van der Waals surface area (Å²) in [5.74, 6) is 1.67. The first-order chi connectivity index (χ1) is 13.4. The maximum atomic E-state index is 12.8. The molecular weight excluding hydrogens is 481 g/mol. The van der Waals surface area contributed by atoms with Gasteiger partial charge in [0.05, 0.1) is 18.6 Å². The van der Waals surface area contributed by atoms with Crippen LogP contribution in [0.25, 0.3) is 0 Å². The molecule has 1 saturated heterocycles. The van der Waals surface area contributed by atoms with Gasteiger partial charge in [-0.1, -0.05) is 26.7 Å². The summed E-state index contributed by atoms with van der Waals surface area (Å²) in [7, 11) is 5.51. The lowest BCUT2D eigenvalue weighted by molar-refractivity contribution is -0.138. The molecule has 2 fully saturated rings. The number of rotatable bonds is 8. The highest BCUT2D eigenvalue weighted by atomic mass is 127. The molecule has 2 rings (SSSR count). The van der Waals surface area contributed by atoms with Crippen molar-refractivity contribution in [2.45, 2.75) is 52.0 Å². The molecule has 1 amide bonds. The Labute approximate surface area is 194 Å². The standard InChI is InChI=1S/C21H41N5O2.HI/c1-17(2)14-18(26-10-12-28-13-11-26)15-23-20(22-3)24-16-21(8-6-7-9-21)19(27)25(4)5;/h17-18H,6-16H2,1-5H3,(H2,22,23,24);1H. The molecule has 1 aliphatic heterocycles. The molecule has 0 bridgehead atoms. The van der Waals surface area contributed by atoms with Crippen LogP contribution in [-0.4, -0.2) is 88.2 Å². The van der Waals surface area contributed by atoms with E-state index < -0.39 is 0 Å². The van der Waals surface area contributed by atoms with E-state index in [-0.39, 0.29) is 35.3 Å². The zero-order valence-corrected chi connectivity index (χ0v) is 21.3. The molecule has 0 spiro atoms. The fraction of sp³-hybridized carbons (Fsp3) is 0.905. The van der Waals surface area contributed by atoms with E-state index in [1.54, 1.807) is 11.9 Å². The van der Waals surface area contributed by atoms with E-state index in [0.717, 1.165) is 70.9 Å². The van der Waals surface area contributed by atoms with Gasteiger partial charge in [0.25, 0.3) is 0 Å². The molecule has 29 heavy (non-hydrogen) atoms. The molecule has 0 aromatic carbocycles. The average Bonchev–Trinajstić information content (AvgIpc) is 3.16. The Hall–Kier alpha value is -0.610. The van der Waals surface area contributed by atoms with E-state index in [9.17, 15) is 4.79 Å². The fourth-order valence-corrected chi connectivity index (χ4v) is 4.53. The van der Waals surface area contributed by atoms with Gasteiger partial charge in [-0.25, -0.2) is 0 Å². The van der Waals surface area contributed by atoms with Gasteiger partial charge in [-0.3, -0.25) is 14.7 Å². The lowest BCUT2D eigenvalue weighted by Crippen LogP contribution is -2.53. The van der Waals surface area contributed by atoms with Crippen molar-refractivity contribution in [2.75, 3.05) is 60.5 Å². The number of nitrogens with zero attached hydrogens (tertiary/aromatic N) is 3. The van der Waals surface area contributed by atoms with Gasteiger partial charge in [0.2, 0.25) is 5.91 Å². The number of hydrogen-bond donors (Lipinski definition) is 2. The van der Waals surface area contributed by atoms with Gasteiger partial charge in [-0.05, 0) is 25.2 Å². The summed E-state index contributed by atoms with van der Waals surface area (Å²) in [4.78, 5) is 21.4. The summed E-state index contributed by atoms with van der Waals surface area (Å²) in [6, 6.07) is 0.464. The Morgan fingerprint density at radius 2 is 1.79 bits per heavy atom. The number of halogens is 1. The van der Waals surface area contributed by atoms with Crippen molar-refractivity contribution in [2.24, 2.45) is 16.3 Å². The zero-order chi connectivity index (χ0) is 20.6. The van der Waals surface area contributed by atoms with Gasteiger partial charge >= 0.3 is 0 Å². The number of guanidine groups is 1. The second-order valence-electron chi connectivity index (χ2n) is 8.93. The van der Waals surface area contributed by atoms with Crippen LogP contribution in [0.5, 0.6) is 0 Å². The van der Waals surface area contributed by atoms with E-state index in [0.29, 0.717) is 18.5 Å². The van der Waals surface area contributed by atoms with Gasteiger partial charge in [0.1, 0.15) is 0 Å². The van der Waals surface area contributed by atoms with Crippen LogP contribution < -0.4 is 10.6 Å². The van der Waals surface area contributed by atoms with Crippen molar-refractivity contribution in [1.82, 2.24) is 20.4 Å². The highest BCUT2D eigenvalue weighted by Gasteiger charge is 2.42. The maximum absolute atomic E-state index is 12.8. The third-order valence-corrected chi connectivity index (χ3v) is 6.05. The second-order valence-corrected chi connectivity index (χ2v) is 8.93. The van der Waals surface area contributed by atoms with Gasteiger partial charge < -0.3 is 20.3 Å². The predicted molar refractivity (Wildman–Crippen MR) is 130 cm³/mol. The van der Waals surface area contributed by atoms with Crippen LogP contribution in [0.2, 0.25) is 0 Å². The van der Waals surface area contributed by atoms with E-state index in [1.165, 1.54) is 0 Å². The van der Waals surface area contributed by atoms with Gasteiger partial charge in [0, 0.05) is 53.4 Å². The zero-order valence-electron chi connectivity index (χ0n) is 19.0. The first-order valence-electron chi connectivity index (χ1n) is 10.9. The summed E-state index contributed by atoms with van der Waals surface area (Å²) < 4.78 is 5.52. The van der Waals surface area contributed by atoms with E-state index in [4.69, 9.17) is 4.74 Å². The average molecular weight is 524 g/mol. The number of carbonyl (C=O) groups excluding carboxylic acids is 1. The van der Waals surface area contributed by atoms with Crippen LogP contribution in [0, 0.1) is 11.3 Å². The number of ether oxygens (including phenoxy) is 1. The first kappa shape index (κ1) is 26.4. The number of hydrogen-bond acceptors (Lipinski definition) is 4. The lowest BCUT2D eigenvalue weighted by Gasteiger charge is -2.36. The molecule has 1 unspecified atom stereocenters. The minimum atomic E-state index is -0.289. The third kappa shape index (κ3) is 7.86. The van der Waals surface area contributed by atoms with E-state index in [1.807, 2.05) is 14.1 Å². The van der Waals surface area contributed by atoms with E-state index >= 15 is 0 Å². The molecule has 2 aliphatic rings. The van der Waals surface area contributed by atoms with Crippen molar-refractivity contribution < 1.29 is 9.53 Å². The number of nitrogens with one attached hydrogen (secondary N) is 2. The fourth-order valence-electron chi connectivity index (χ4n) is 4.53. The largest absolute Gasteiger partial charge is 0.379 e. The summed E-state index contributed by atoms with van der Waals surface area (Å²) in [5, 5.41) is 6.96. The van der Waals surface area contributed by atoms with Crippen LogP contribution in [0.1, 0.15) is 46.0 Å². The minimum Gasteiger partial charge on any atom is -0.379 e. The van der Waals surface area contributed by atoms with Crippen LogP contribution in [-0.2, 0) is 9.53 Å². The van der Waals surface area contributed by atoms with Crippen molar-refractivity contribution in [1.29, 1.82) is 0 Å². The van der Waals surface area contributed by atoms with E-state index in [2.05, 4.69) is 34.4 Å². The molecule has 1 aliphatic carbocycles. The van der Waals surface area contributed by atoms with Crippen LogP contribution >= 0.6 is 24.0 Å². The summed E-state index contributed by atoms with van der Waals surface area (Å²) in [6.45, 7) is 9.67. The highest BCUT2D eigenvalue weighted by molar-refractivity contribution is 14.0. The smallest absolute Gasteiger partial charge is 0.230 e. The molecule has 0 radical (unpaired) electrons. The number of morpholine rings is 1. The first-order valence-corrected chi connectivity index (χ1v) is 10.9. The molecule has 7 nitrogen and oxygen atoms in total. The summed E-state index contributed by atoms with van der Waals surface area (Å²) >= 11 is 0. The monoisotopic (exact) mass is 523 g/mol. The molecule has 1 atom stereocenters. The van der Waals surface area contributed by atoms with Crippen LogP contribution in [0.4, 0.5) is 0 Å². The molecular formula is C21H42IN5O2.